The van der Waals surface area contributed by atoms with Crippen molar-refractivity contribution < 1.29 is 0 Å². The van der Waals surface area contributed by atoms with E-state index in [4.69, 9.17) is 0 Å². The van der Waals surface area contributed by atoms with Crippen molar-refractivity contribution in [1.82, 2.24) is 15.3 Å². The Balaban J connectivity index is 1.74. The van der Waals surface area contributed by atoms with E-state index in [0.717, 1.165) is 30.0 Å². The second-order valence-corrected chi connectivity index (χ2v) is 5.40. The van der Waals surface area contributed by atoms with Gasteiger partial charge in [-0.15, -0.1) is 0 Å². The standard InChI is InChI=1S/C14H21N3/c1-2-6-17-14(12-9-15-7-8-16-12)13-10-4-3-5-11(10)13/h7-11,13-14,17H,2-6H2,1H3. The van der Waals surface area contributed by atoms with E-state index in [1.807, 2.05) is 12.4 Å². The molecule has 3 rings (SSSR count). The topological polar surface area (TPSA) is 37.8 Å². The van der Waals surface area contributed by atoms with E-state index in [1.165, 1.54) is 25.7 Å². The molecule has 2 aliphatic carbocycles. The molecule has 1 heterocycles. The van der Waals surface area contributed by atoms with Gasteiger partial charge in [-0.1, -0.05) is 13.3 Å². The number of nitrogens with zero attached hydrogens (tertiary/aromatic N) is 2. The summed E-state index contributed by atoms with van der Waals surface area (Å²) in [6.07, 6.45) is 11.0. The number of hydrogen-bond donors (Lipinski definition) is 1. The van der Waals surface area contributed by atoms with Crippen LogP contribution in [0.4, 0.5) is 0 Å². The van der Waals surface area contributed by atoms with Gasteiger partial charge in [0.1, 0.15) is 0 Å². The number of fused-ring (bicyclic) bond motifs is 1. The second-order valence-electron chi connectivity index (χ2n) is 5.40. The van der Waals surface area contributed by atoms with Crippen LogP contribution in [-0.2, 0) is 0 Å². The first kappa shape index (κ1) is 11.1. The van der Waals surface area contributed by atoms with Crippen LogP contribution >= 0.6 is 0 Å². The first-order valence-corrected chi connectivity index (χ1v) is 6.91. The Morgan fingerprint density at radius 3 is 2.82 bits per heavy atom. The molecule has 1 aromatic heterocycles. The van der Waals surface area contributed by atoms with E-state index in [-0.39, 0.29) is 0 Å². The minimum atomic E-state index is 0.443. The first-order chi connectivity index (χ1) is 8.42. The Hall–Kier alpha value is -0.960. The van der Waals surface area contributed by atoms with Crippen molar-refractivity contribution in [3.05, 3.63) is 24.3 Å². The molecule has 0 aromatic carbocycles. The lowest BCUT2D eigenvalue weighted by Crippen LogP contribution is -2.26. The summed E-state index contributed by atoms with van der Waals surface area (Å²) in [7, 11) is 0. The summed E-state index contributed by atoms with van der Waals surface area (Å²) in [5, 5.41) is 3.67. The third-order valence-electron chi connectivity index (χ3n) is 4.37. The van der Waals surface area contributed by atoms with Crippen LogP contribution in [0.15, 0.2) is 18.6 Å². The summed E-state index contributed by atoms with van der Waals surface area (Å²) in [6.45, 7) is 3.30. The van der Waals surface area contributed by atoms with Crippen molar-refractivity contribution in [1.29, 1.82) is 0 Å². The van der Waals surface area contributed by atoms with Gasteiger partial charge in [0.05, 0.1) is 11.7 Å². The molecule has 0 radical (unpaired) electrons. The number of aromatic nitrogens is 2. The first-order valence-electron chi connectivity index (χ1n) is 6.91. The smallest absolute Gasteiger partial charge is 0.0759 e. The van der Waals surface area contributed by atoms with E-state index >= 15 is 0 Å². The maximum atomic E-state index is 4.50. The SMILES string of the molecule is CCCNC(c1cnccn1)C1C2CCCC21. The predicted octanol–water partition coefficient (Wildman–Crippen LogP) is 2.56. The van der Waals surface area contributed by atoms with Crippen LogP contribution in [-0.4, -0.2) is 16.5 Å². The Morgan fingerprint density at radius 1 is 1.35 bits per heavy atom. The second kappa shape index (κ2) is 4.73. The molecule has 92 valence electrons. The average Bonchev–Trinajstić information content (AvgIpc) is 2.85. The van der Waals surface area contributed by atoms with E-state index in [1.54, 1.807) is 6.20 Å². The lowest BCUT2D eigenvalue weighted by molar-refractivity contribution is 0.409. The van der Waals surface area contributed by atoms with Gasteiger partial charge in [-0.05, 0) is 43.6 Å². The molecule has 3 unspecified atom stereocenters. The zero-order valence-corrected chi connectivity index (χ0v) is 10.5. The summed E-state index contributed by atoms with van der Waals surface area (Å²) in [6, 6.07) is 0.443. The molecular formula is C14H21N3. The zero-order chi connectivity index (χ0) is 11.7. The molecule has 1 N–H and O–H groups in total. The third-order valence-corrected chi connectivity index (χ3v) is 4.37. The molecule has 0 bridgehead atoms. The largest absolute Gasteiger partial charge is 0.308 e. The number of hydrogen-bond acceptors (Lipinski definition) is 3. The quantitative estimate of drug-likeness (QED) is 0.846. The molecule has 0 spiro atoms. The van der Waals surface area contributed by atoms with Crippen molar-refractivity contribution in [3.63, 3.8) is 0 Å². The van der Waals surface area contributed by atoms with Gasteiger partial charge in [0.25, 0.3) is 0 Å². The van der Waals surface area contributed by atoms with E-state index in [0.29, 0.717) is 6.04 Å². The van der Waals surface area contributed by atoms with Crippen molar-refractivity contribution >= 4 is 0 Å². The van der Waals surface area contributed by atoms with Gasteiger partial charge in [0, 0.05) is 18.6 Å². The van der Waals surface area contributed by atoms with Crippen molar-refractivity contribution in [2.24, 2.45) is 17.8 Å². The van der Waals surface area contributed by atoms with E-state index in [2.05, 4.69) is 22.2 Å². The molecule has 2 saturated carbocycles. The van der Waals surface area contributed by atoms with Crippen LogP contribution in [0.3, 0.4) is 0 Å². The molecule has 17 heavy (non-hydrogen) atoms. The maximum Gasteiger partial charge on any atom is 0.0759 e. The molecule has 0 saturated heterocycles. The highest BCUT2D eigenvalue weighted by Crippen LogP contribution is 2.61. The molecule has 2 fully saturated rings. The highest BCUT2D eigenvalue weighted by Gasteiger charge is 2.56. The van der Waals surface area contributed by atoms with Gasteiger partial charge < -0.3 is 5.32 Å². The summed E-state index contributed by atoms with van der Waals surface area (Å²) in [5.41, 5.74) is 1.14. The molecule has 3 atom stereocenters. The fraction of sp³-hybridized carbons (Fsp3) is 0.714. The van der Waals surface area contributed by atoms with E-state index < -0.39 is 0 Å². The van der Waals surface area contributed by atoms with E-state index in [9.17, 15) is 0 Å². The Bertz CT molecular complexity index is 355. The van der Waals surface area contributed by atoms with Gasteiger partial charge >= 0.3 is 0 Å². The summed E-state index contributed by atoms with van der Waals surface area (Å²) in [4.78, 5) is 8.71. The fourth-order valence-corrected chi connectivity index (χ4v) is 3.58. The van der Waals surface area contributed by atoms with Crippen molar-refractivity contribution in [2.45, 2.75) is 38.6 Å². The van der Waals surface area contributed by atoms with Gasteiger partial charge in [-0.3, -0.25) is 9.97 Å². The highest BCUT2D eigenvalue weighted by atomic mass is 15.0. The summed E-state index contributed by atoms with van der Waals surface area (Å²) < 4.78 is 0. The summed E-state index contributed by atoms with van der Waals surface area (Å²) in [5.74, 6) is 2.75. The van der Waals surface area contributed by atoms with Gasteiger partial charge in [-0.2, -0.15) is 0 Å². The van der Waals surface area contributed by atoms with Gasteiger partial charge in [0.15, 0.2) is 0 Å². The normalized spacial score (nSPS) is 32.2. The minimum Gasteiger partial charge on any atom is -0.308 e. The van der Waals surface area contributed by atoms with Crippen LogP contribution in [0.1, 0.15) is 44.3 Å². The molecule has 0 amide bonds. The number of nitrogens with one attached hydrogen (secondary N) is 1. The fourth-order valence-electron chi connectivity index (χ4n) is 3.58. The van der Waals surface area contributed by atoms with Crippen LogP contribution < -0.4 is 5.32 Å². The van der Waals surface area contributed by atoms with Gasteiger partial charge in [-0.25, -0.2) is 0 Å². The average molecular weight is 231 g/mol. The third kappa shape index (κ3) is 2.08. The van der Waals surface area contributed by atoms with Crippen LogP contribution in [0.25, 0.3) is 0 Å². The lowest BCUT2D eigenvalue weighted by atomic mass is 10.0. The lowest BCUT2D eigenvalue weighted by Gasteiger charge is -2.19. The zero-order valence-electron chi connectivity index (χ0n) is 10.5. The van der Waals surface area contributed by atoms with Crippen LogP contribution in [0, 0.1) is 17.8 Å². The van der Waals surface area contributed by atoms with Crippen LogP contribution in [0.5, 0.6) is 0 Å². The van der Waals surface area contributed by atoms with Crippen molar-refractivity contribution in [2.75, 3.05) is 6.54 Å². The Labute approximate surface area is 103 Å². The molecule has 0 aliphatic heterocycles. The Morgan fingerprint density at radius 2 is 2.18 bits per heavy atom. The Kier molecular flexibility index (Phi) is 3.10. The van der Waals surface area contributed by atoms with Crippen molar-refractivity contribution in [3.8, 4) is 0 Å². The van der Waals surface area contributed by atoms with Crippen LogP contribution in [0.2, 0.25) is 0 Å². The summed E-state index contributed by atoms with van der Waals surface area (Å²) >= 11 is 0. The molecular weight excluding hydrogens is 210 g/mol. The molecule has 3 nitrogen and oxygen atoms in total. The molecule has 3 heteroatoms. The minimum absolute atomic E-state index is 0.443. The number of rotatable bonds is 5. The molecule has 2 aliphatic rings. The predicted molar refractivity (Wildman–Crippen MR) is 67.4 cm³/mol. The van der Waals surface area contributed by atoms with Gasteiger partial charge in [0.2, 0.25) is 0 Å². The monoisotopic (exact) mass is 231 g/mol. The highest BCUT2D eigenvalue weighted by molar-refractivity contribution is 5.14. The maximum absolute atomic E-state index is 4.50. The molecule has 1 aromatic rings.